The summed E-state index contributed by atoms with van der Waals surface area (Å²) in [7, 11) is 1.27. The number of esters is 1. The maximum Gasteiger partial charge on any atom is 0.377 e. The summed E-state index contributed by atoms with van der Waals surface area (Å²) >= 11 is 0. The lowest BCUT2D eigenvalue weighted by molar-refractivity contribution is 0.0554. The van der Waals surface area contributed by atoms with Crippen molar-refractivity contribution in [2.24, 2.45) is 0 Å². The van der Waals surface area contributed by atoms with E-state index in [-0.39, 0.29) is 11.6 Å². The fraction of sp³-hybridized carbons (Fsp3) is 0.429. The largest absolute Gasteiger partial charge is 0.476 e. The lowest BCUT2D eigenvalue weighted by atomic mass is 10.5. The second-order valence-corrected chi connectivity index (χ2v) is 1.95. The van der Waals surface area contributed by atoms with Gasteiger partial charge in [-0.1, -0.05) is 0 Å². The van der Waals surface area contributed by atoms with Crippen LogP contribution in [0.1, 0.15) is 17.5 Å². The summed E-state index contributed by atoms with van der Waals surface area (Å²) in [6.45, 7) is 2.29. The van der Waals surface area contributed by atoms with Crippen LogP contribution < -0.4 is 4.74 Å². The van der Waals surface area contributed by atoms with E-state index in [0.717, 1.165) is 0 Å². The van der Waals surface area contributed by atoms with Gasteiger partial charge in [0.15, 0.2) is 0 Å². The Morgan fingerprint density at radius 3 is 3.08 bits per heavy atom. The van der Waals surface area contributed by atoms with Crippen LogP contribution in [0.2, 0.25) is 0 Å². The highest BCUT2D eigenvalue weighted by Gasteiger charge is 2.12. The molecule has 0 saturated heterocycles. The molecule has 5 heteroatoms. The topological polar surface area (TPSA) is 61.6 Å². The number of hydrogen-bond acceptors (Lipinski definition) is 5. The molecule has 0 spiro atoms. The van der Waals surface area contributed by atoms with Crippen molar-refractivity contribution in [2.45, 2.75) is 6.92 Å². The van der Waals surface area contributed by atoms with Gasteiger partial charge in [-0.3, -0.25) is 0 Å². The van der Waals surface area contributed by atoms with Gasteiger partial charge in [0, 0.05) is 0 Å². The zero-order valence-corrected chi connectivity index (χ0v) is 6.86. The molecule has 66 valence electrons. The number of carbonyl (C=O) groups is 1. The number of rotatable bonds is 3. The summed E-state index contributed by atoms with van der Waals surface area (Å²) in [5, 5.41) is 3.48. The second kappa shape index (κ2) is 3.75. The average Bonchev–Trinajstić information content (AvgIpc) is 2.52. The average molecular weight is 171 g/mol. The molecule has 1 aromatic rings. The van der Waals surface area contributed by atoms with Crippen molar-refractivity contribution < 1.29 is 18.8 Å². The zero-order valence-electron chi connectivity index (χ0n) is 6.86. The van der Waals surface area contributed by atoms with Gasteiger partial charge in [-0.15, -0.1) is 0 Å². The van der Waals surface area contributed by atoms with Crippen molar-refractivity contribution in [3.8, 4) is 5.88 Å². The lowest BCUT2D eigenvalue weighted by Gasteiger charge is -1.91. The van der Waals surface area contributed by atoms with E-state index in [1.165, 1.54) is 13.2 Å². The van der Waals surface area contributed by atoms with Gasteiger partial charge in [-0.2, -0.15) is 0 Å². The van der Waals surface area contributed by atoms with E-state index in [0.29, 0.717) is 6.61 Å². The smallest absolute Gasteiger partial charge is 0.377 e. The summed E-state index contributed by atoms with van der Waals surface area (Å²) < 4.78 is 14.0. The van der Waals surface area contributed by atoms with E-state index in [1.807, 2.05) is 6.92 Å². The van der Waals surface area contributed by atoms with Crippen molar-refractivity contribution >= 4 is 5.97 Å². The molecule has 0 aliphatic heterocycles. The van der Waals surface area contributed by atoms with Crippen LogP contribution in [-0.2, 0) is 4.74 Å². The SMILES string of the molecule is CCOc1cc(C(=O)OC)on1. The normalized spacial score (nSPS) is 9.50. The van der Waals surface area contributed by atoms with Gasteiger partial charge in [-0.25, -0.2) is 4.79 Å². The zero-order chi connectivity index (χ0) is 8.97. The fourth-order valence-electron chi connectivity index (χ4n) is 0.672. The summed E-state index contributed by atoms with van der Waals surface area (Å²) in [5.74, 6) is -0.229. The molecule has 12 heavy (non-hydrogen) atoms. The highest BCUT2D eigenvalue weighted by Crippen LogP contribution is 2.11. The standard InChI is InChI=1S/C7H9NO4/c1-3-11-6-4-5(12-8-6)7(9)10-2/h4H,3H2,1-2H3. The third kappa shape index (κ3) is 1.75. The predicted molar refractivity (Wildman–Crippen MR) is 39.0 cm³/mol. The maximum absolute atomic E-state index is 10.8. The molecule has 0 amide bonds. The van der Waals surface area contributed by atoms with Crippen molar-refractivity contribution in [1.29, 1.82) is 0 Å². The molecule has 0 atom stereocenters. The van der Waals surface area contributed by atoms with Crippen LogP contribution >= 0.6 is 0 Å². The first-order chi connectivity index (χ1) is 5.77. The molecule has 0 fully saturated rings. The molecule has 0 saturated carbocycles. The van der Waals surface area contributed by atoms with E-state index in [2.05, 4.69) is 14.4 Å². The minimum atomic E-state index is -0.562. The molecular formula is C7H9NO4. The van der Waals surface area contributed by atoms with Crippen LogP contribution in [0.5, 0.6) is 5.88 Å². The summed E-state index contributed by atoms with van der Waals surface area (Å²) in [6.07, 6.45) is 0. The van der Waals surface area contributed by atoms with E-state index < -0.39 is 5.97 Å². The summed E-state index contributed by atoms with van der Waals surface area (Å²) in [6, 6.07) is 1.38. The van der Waals surface area contributed by atoms with E-state index in [4.69, 9.17) is 4.74 Å². The molecule has 1 rings (SSSR count). The highest BCUT2D eigenvalue weighted by molar-refractivity contribution is 5.86. The van der Waals surface area contributed by atoms with Crippen LogP contribution in [0.4, 0.5) is 0 Å². The molecule has 0 aliphatic carbocycles. The van der Waals surface area contributed by atoms with Crippen molar-refractivity contribution in [3.63, 3.8) is 0 Å². The number of aromatic nitrogens is 1. The molecule has 1 heterocycles. The first-order valence-corrected chi connectivity index (χ1v) is 3.45. The van der Waals surface area contributed by atoms with Crippen molar-refractivity contribution in [1.82, 2.24) is 5.16 Å². The minimum Gasteiger partial charge on any atom is -0.476 e. The molecule has 5 nitrogen and oxygen atoms in total. The van der Waals surface area contributed by atoms with Gasteiger partial charge in [-0.05, 0) is 12.1 Å². The molecule has 0 unspecified atom stereocenters. The maximum atomic E-state index is 10.8. The monoisotopic (exact) mass is 171 g/mol. The van der Waals surface area contributed by atoms with Crippen LogP contribution in [0.3, 0.4) is 0 Å². The summed E-state index contributed by atoms with van der Waals surface area (Å²) in [5.41, 5.74) is 0. The Labute approximate surface area is 69.2 Å². The van der Waals surface area contributed by atoms with Gasteiger partial charge < -0.3 is 14.0 Å². The van der Waals surface area contributed by atoms with Gasteiger partial charge in [0.2, 0.25) is 5.76 Å². The predicted octanol–water partition coefficient (Wildman–Crippen LogP) is 0.860. The summed E-state index contributed by atoms with van der Waals surface area (Å²) in [4.78, 5) is 10.8. The minimum absolute atomic E-state index is 0.0425. The van der Waals surface area contributed by atoms with E-state index in [1.54, 1.807) is 0 Å². The first-order valence-electron chi connectivity index (χ1n) is 3.45. The Morgan fingerprint density at radius 1 is 1.75 bits per heavy atom. The van der Waals surface area contributed by atoms with E-state index in [9.17, 15) is 4.79 Å². The Kier molecular flexibility index (Phi) is 2.68. The Morgan fingerprint density at radius 2 is 2.50 bits per heavy atom. The number of methoxy groups -OCH3 is 1. The molecular weight excluding hydrogens is 162 g/mol. The molecule has 0 bridgehead atoms. The van der Waals surface area contributed by atoms with Crippen LogP contribution in [0.25, 0.3) is 0 Å². The Balaban J connectivity index is 2.70. The third-order valence-electron chi connectivity index (χ3n) is 1.17. The first kappa shape index (κ1) is 8.58. The fourth-order valence-corrected chi connectivity index (χ4v) is 0.672. The number of hydrogen-bond donors (Lipinski definition) is 0. The number of carbonyl (C=O) groups excluding carboxylic acids is 1. The van der Waals surface area contributed by atoms with Gasteiger partial charge >= 0.3 is 5.97 Å². The quantitative estimate of drug-likeness (QED) is 0.631. The Hall–Kier alpha value is -1.52. The second-order valence-electron chi connectivity index (χ2n) is 1.95. The van der Waals surface area contributed by atoms with Crippen molar-refractivity contribution in [2.75, 3.05) is 13.7 Å². The van der Waals surface area contributed by atoms with Crippen LogP contribution in [0, 0.1) is 0 Å². The molecule has 1 aromatic heterocycles. The molecule has 0 aromatic carbocycles. The highest BCUT2D eigenvalue weighted by atomic mass is 16.6. The lowest BCUT2D eigenvalue weighted by Crippen LogP contribution is -1.98. The van der Waals surface area contributed by atoms with Crippen LogP contribution in [0.15, 0.2) is 10.6 Å². The molecule has 0 N–H and O–H groups in total. The third-order valence-corrected chi connectivity index (χ3v) is 1.17. The molecule has 0 aliphatic rings. The molecule has 0 radical (unpaired) electrons. The van der Waals surface area contributed by atoms with Crippen LogP contribution in [-0.4, -0.2) is 24.8 Å². The number of nitrogens with zero attached hydrogens (tertiary/aromatic N) is 1. The van der Waals surface area contributed by atoms with Crippen molar-refractivity contribution in [3.05, 3.63) is 11.8 Å². The van der Waals surface area contributed by atoms with Gasteiger partial charge in [0.1, 0.15) is 0 Å². The van der Waals surface area contributed by atoms with E-state index >= 15 is 0 Å². The van der Waals surface area contributed by atoms with Gasteiger partial charge in [0.25, 0.3) is 5.88 Å². The number of ether oxygens (including phenoxy) is 2. The van der Waals surface area contributed by atoms with Gasteiger partial charge in [0.05, 0.1) is 19.8 Å². The Bertz CT molecular complexity index is 268.